The number of amides is 2. The molecule has 8 heteroatoms. The number of likely N-dealkylation sites (tertiary alicyclic amines) is 1. The molecule has 0 aromatic heterocycles. The van der Waals surface area contributed by atoms with Crippen LogP contribution in [0.3, 0.4) is 0 Å². The van der Waals surface area contributed by atoms with Crippen LogP contribution in [0.1, 0.15) is 36.0 Å². The summed E-state index contributed by atoms with van der Waals surface area (Å²) in [5, 5.41) is 12.3. The van der Waals surface area contributed by atoms with Gasteiger partial charge in [-0.3, -0.25) is 4.79 Å². The van der Waals surface area contributed by atoms with E-state index in [9.17, 15) is 27.9 Å². The molecule has 142 valence electrons. The van der Waals surface area contributed by atoms with E-state index in [-0.39, 0.29) is 25.0 Å². The summed E-state index contributed by atoms with van der Waals surface area (Å²) < 4.78 is 38.1. The molecule has 26 heavy (non-hydrogen) atoms. The summed E-state index contributed by atoms with van der Waals surface area (Å²) in [6, 6.07) is 3.03. The number of rotatable bonds is 3. The Morgan fingerprint density at radius 1 is 1.38 bits per heavy atom. The minimum Gasteiger partial charge on any atom is -0.481 e. The highest BCUT2D eigenvalue weighted by atomic mass is 19.4. The van der Waals surface area contributed by atoms with Crippen LogP contribution >= 0.6 is 0 Å². The first kappa shape index (κ1) is 18.5. The molecule has 5 nitrogen and oxygen atoms in total. The van der Waals surface area contributed by atoms with E-state index < -0.39 is 23.1 Å². The van der Waals surface area contributed by atoms with E-state index in [2.05, 4.69) is 5.32 Å². The van der Waals surface area contributed by atoms with Crippen molar-refractivity contribution in [3.8, 4) is 0 Å². The van der Waals surface area contributed by atoms with Crippen LogP contribution in [-0.2, 0) is 17.5 Å². The largest absolute Gasteiger partial charge is 0.481 e. The van der Waals surface area contributed by atoms with Gasteiger partial charge in [-0.25, -0.2) is 4.79 Å². The van der Waals surface area contributed by atoms with Crippen LogP contribution < -0.4 is 5.32 Å². The van der Waals surface area contributed by atoms with Crippen molar-refractivity contribution in [1.82, 2.24) is 10.2 Å². The predicted molar refractivity (Wildman–Crippen MR) is 87.4 cm³/mol. The fraction of sp³-hybridized carbons (Fsp3) is 0.556. The van der Waals surface area contributed by atoms with Crippen molar-refractivity contribution in [1.29, 1.82) is 0 Å². The number of nitrogens with zero attached hydrogens (tertiary/aromatic N) is 1. The number of urea groups is 1. The van der Waals surface area contributed by atoms with Gasteiger partial charge in [0.25, 0.3) is 0 Å². The lowest BCUT2D eigenvalue weighted by atomic mass is 9.81. The number of carbonyl (C=O) groups is 2. The number of nitrogens with one attached hydrogen (secondary N) is 1. The molecule has 0 unspecified atom stereocenters. The Kier molecular flexibility index (Phi) is 4.62. The number of alkyl halides is 3. The molecule has 2 amide bonds. The number of benzene rings is 1. The highest BCUT2D eigenvalue weighted by molar-refractivity contribution is 5.80. The lowest BCUT2D eigenvalue weighted by Crippen LogP contribution is -2.41. The van der Waals surface area contributed by atoms with Gasteiger partial charge in [0.1, 0.15) is 0 Å². The van der Waals surface area contributed by atoms with Gasteiger partial charge in [-0.15, -0.1) is 0 Å². The molecular weight excluding hydrogens is 349 g/mol. The van der Waals surface area contributed by atoms with Gasteiger partial charge in [-0.05, 0) is 48.9 Å². The maximum absolute atomic E-state index is 12.7. The molecule has 3 rings (SSSR count). The number of aliphatic carboxylic acids is 1. The Balaban J connectivity index is 1.63. The molecule has 1 saturated heterocycles. The predicted octanol–water partition coefficient (Wildman–Crippen LogP) is 3.41. The van der Waals surface area contributed by atoms with Gasteiger partial charge in [-0.1, -0.05) is 12.5 Å². The zero-order valence-corrected chi connectivity index (χ0v) is 14.4. The van der Waals surface area contributed by atoms with Crippen LogP contribution in [0.25, 0.3) is 0 Å². The molecule has 1 aromatic rings. The summed E-state index contributed by atoms with van der Waals surface area (Å²) >= 11 is 0. The molecule has 2 atom stereocenters. The average Bonchev–Trinajstić information content (AvgIpc) is 3.10. The number of carboxylic acid groups (broad SMARTS) is 1. The highest BCUT2D eigenvalue weighted by Crippen LogP contribution is 2.48. The zero-order chi connectivity index (χ0) is 19.1. The second-order valence-corrected chi connectivity index (χ2v) is 7.23. The maximum atomic E-state index is 12.7. The maximum Gasteiger partial charge on any atom is 0.416 e. The zero-order valence-electron chi connectivity index (χ0n) is 14.4. The Labute approximate surface area is 149 Å². The van der Waals surface area contributed by atoms with Crippen LogP contribution in [-0.4, -0.2) is 35.1 Å². The van der Waals surface area contributed by atoms with E-state index in [1.807, 2.05) is 0 Å². The van der Waals surface area contributed by atoms with E-state index in [4.69, 9.17) is 0 Å². The Morgan fingerprint density at radius 2 is 2.12 bits per heavy atom. The van der Waals surface area contributed by atoms with E-state index in [0.29, 0.717) is 24.1 Å². The van der Waals surface area contributed by atoms with E-state index in [1.54, 1.807) is 6.92 Å². The number of aryl methyl sites for hydroxylation is 1. The van der Waals surface area contributed by atoms with Crippen LogP contribution in [0.2, 0.25) is 0 Å². The normalized spacial score (nSPS) is 25.2. The Bertz CT molecular complexity index is 735. The minimum atomic E-state index is -4.40. The molecule has 2 N–H and O–H groups in total. The SMILES string of the molecule is Cc1cc(C(F)(F)F)ccc1CNC(=O)N1C[C@@H]2CCC[C@@]2(C(=O)O)C1. The van der Waals surface area contributed by atoms with E-state index in [1.165, 1.54) is 11.0 Å². The summed E-state index contributed by atoms with van der Waals surface area (Å²) in [6.45, 7) is 2.26. The molecule has 1 aliphatic heterocycles. The second kappa shape index (κ2) is 6.48. The summed E-state index contributed by atoms with van der Waals surface area (Å²) in [5.41, 5.74) is -0.526. The van der Waals surface area contributed by atoms with Gasteiger partial charge in [0.15, 0.2) is 0 Å². The molecule has 0 radical (unpaired) electrons. The first-order chi connectivity index (χ1) is 12.1. The second-order valence-electron chi connectivity index (χ2n) is 7.23. The molecule has 2 aliphatic rings. The average molecular weight is 370 g/mol. The molecule has 1 aromatic carbocycles. The van der Waals surface area contributed by atoms with Crippen molar-refractivity contribution >= 4 is 12.0 Å². The number of hydrogen-bond donors (Lipinski definition) is 2. The van der Waals surface area contributed by atoms with Crippen LogP contribution in [0.5, 0.6) is 0 Å². The van der Waals surface area contributed by atoms with Crippen LogP contribution in [0.4, 0.5) is 18.0 Å². The monoisotopic (exact) mass is 370 g/mol. The van der Waals surface area contributed by atoms with Gasteiger partial charge in [-0.2, -0.15) is 13.2 Å². The molecule has 1 heterocycles. The minimum absolute atomic E-state index is 0.0291. The number of carbonyl (C=O) groups excluding carboxylic acids is 1. The summed E-state index contributed by atoms with van der Waals surface area (Å²) in [4.78, 5) is 25.6. The molecule has 1 aliphatic carbocycles. The van der Waals surface area contributed by atoms with Crippen molar-refractivity contribution in [3.05, 3.63) is 34.9 Å². The molecule has 2 fully saturated rings. The van der Waals surface area contributed by atoms with Crippen molar-refractivity contribution in [2.24, 2.45) is 11.3 Å². The Morgan fingerprint density at radius 3 is 2.69 bits per heavy atom. The van der Waals surface area contributed by atoms with Gasteiger partial charge in [0, 0.05) is 19.6 Å². The van der Waals surface area contributed by atoms with Gasteiger partial charge >= 0.3 is 18.2 Å². The van der Waals surface area contributed by atoms with Crippen molar-refractivity contribution in [3.63, 3.8) is 0 Å². The lowest BCUT2D eigenvalue weighted by Gasteiger charge is -2.23. The van der Waals surface area contributed by atoms with E-state index >= 15 is 0 Å². The smallest absolute Gasteiger partial charge is 0.416 e. The summed E-state index contributed by atoms with van der Waals surface area (Å²) in [5.74, 6) is -0.882. The van der Waals surface area contributed by atoms with E-state index in [0.717, 1.165) is 25.0 Å². The van der Waals surface area contributed by atoms with Gasteiger partial charge in [0.05, 0.1) is 11.0 Å². The van der Waals surface area contributed by atoms with Crippen molar-refractivity contribution in [2.75, 3.05) is 13.1 Å². The Hall–Kier alpha value is -2.25. The number of halogens is 3. The third kappa shape index (κ3) is 3.24. The highest BCUT2D eigenvalue weighted by Gasteiger charge is 2.55. The quantitative estimate of drug-likeness (QED) is 0.857. The first-order valence-electron chi connectivity index (χ1n) is 8.56. The third-order valence-electron chi connectivity index (χ3n) is 5.68. The lowest BCUT2D eigenvalue weighted by molar-refractivity contribution is -0.149. The fourth-order valence-electron chi connectivity index (χ4n) is 4.15. The molecular formula is C18H21F3N2O3. The van der Waals surface area contributed by atoms with Gasteiger partial charge < -0.3 is 15.3 Å². The number of hydrogen-bond acceptors (Lipinski definition) is 2. The topological polar surface area (TPSA) is 69.6 Å². The van der Waals surface area contributed by atoms with Crippen LogP contribution in [0, 0.1) is 18.3 Å². The molecule has 1 saturated carbocycles. The molecule has 0 bridgehead atoms. The standard InChI is InChI=1S/C18H21F3N2O3/c1-11-7-13(18(19,20)21)5-4-12(11)8-22-16(26)23-9-14-3-2-6-17(14,10-23)15(24)25/h4-5,7,14H,2-3,6,8-10H2,1H3,(H,22,26)(H,24,25)/t14-,17+/m0/s1. The molecule has 0 spiro atoms. The van der Waals surface area contributed by atoms with Crippen LogP contribution in [0.15, 0.2) is 18.2 Å². The van der Waals surface area contributed by atoms with Crippen molar-refractivity contribution in [2.45, 2.75) is 38.9 Å². The van der Waals surface area contributed by atoms with Crippen molar-refractivity contribution < 1.29 is 27.9 Å². The number of carboxylic acids is 1. The number of fused-ring (bicyclic) bond motifs is 1. The van der Waals surface area contributed by atoms with Gasteiger partial charge in [0.2, 0.25) is 0 Å². The third-order valence-corrected chi connectivity index (χ3v) is 5.68. The summed E-state index contributed by atoms with van der Waals surface area (Å²) in [7, 11) is 0. The fourth-order valence-corrected chi connectivity index (χ4v) is 4.15. The first-order valence-corrected chi connectivity index (χ1v) is 8.56. The summed E-state index contributed by atoms with van der Waals surface area (Å²) in [6.07, 6.45) is -2.16.